The largest absolute Gasteiger partial charge is 0.310 e. The van der Waals surface area contributed by atoms with Crippen molar-refractivity contribution in [1.29, 1.82) is 0 Å². The van der Waals surface area contributed by atoms with Gasteiger partial charge in [0.25, 0.3) is 6.71 Å². The van der Waals surface area contributed by atoms with Crippen LogP contribution in [-0.2, 0) is 16.2 Å². The summed E-state index contributed by atoms with van der Waals surface area (Å²) in [5.74, 6) is 0. The Labute approximate surface area is 537 Å². The van der Waals surface area contributed by atoms with Crippen LogP contribution in [0.25, 0.3) is 99.1 Å². The summed E-state index contributed by atoms with van der Waals surface area (Å²) in [6, 6.07) is 106. The Bertz CT molecular complexity index is 5030. The SMILES string of the molecule is CC(C)(C)c1cc2c3c(c1)N(c1c(-c4ccccc4)cccc1-c1ccccc1)c1cc(-c4cc5cc(C(C)(C)C)cc6ccc7cc(C(C)(C)C)cc4c7c65)ccc1B3c1cc(-c3ccccc3)ccc1N2c1c(-c2ccccc2)cccc1-c1ccccc1. The molecule has 2 heterocycles. The van der Waals surface area contributed by atoms with Gasteiger partial charge in [-0.2, -0.15) is 0 Å². The van der Waals surface area contributed by atoms with Gasteiger partial charge < -0.3 is 9.80 Å². The van der Waals surface area contributed by atoms with E-state index >= 15 is 0 Å². The van der Waals surface area contributed by atoms with E-state index in [9.17, 15) is 0 Å². The smallest absolute Gasteiger partial charge is 0.252 e. The molecule has 14 aromatic rings. The van der Waals surface area contributed by atoms with Crippen LogP contribution in [0.4, 0.5) is 34.1 Å². The Morgan fingerprint density at radius 3 is 1.13 bits per heavy atom. The number of rotatable bonds is 8. The lowest BCUT2D eigenvalue weighted by atomic mass is 9.33. The fraction of sp³-hybridized carbons (Fsp3) is 0.136. The van der Waals surface area contributed by atoms with Crippen molar-refractivity contribution in [1.82, 2.24) is 0 Å². The summed E-state index contributed by atoms with van der Waals surface area (Å²) >= 11 is 0. The Kier molecular flexibility index (Phi) is 13.1. The molecule has 0 bridgehead atoms. The molecule has 14 aromatic carbocycles. The van der Waals surface area contributed by atoms with Crippen molar-refractivity contribution in [3.8, 4) is 66.8 Å². The molecule has 3 heteroatoms. The second-order valence-corrected chi connectivity index (χ2v) is 28.5. The minimum atomic E-state index is -0.267. The molecule has 0 aliphatic carbocycles. The molecule has 0 fully saturated rings. The third-order valence-electron chi connectivity index (χ3n) is 19.6. The van der Waals surface area contributed by atoms with Crippen molar-refractivity contribution >= 4 is 89.5 Å². The summed E-state index contributed by atoms with van der Waals surface area (Å²) in [6.07, 6.45) is 0. The van der Waals surface area contributed by atoms with Crippen LogP contribution in [0.15, 0.2) is 279 Å². The van der Waals surface area contributed by atoms with Gasteiger partial charge in [0.1, 0.15) is 0 Å². The van der Waals surface area contributed by atoms with Crippen LogP contribution in [0, 0.1) is 0 Å². The maximum absolute atomic E-state index is 2.72. The van der Waals surface area contributed by atoms with Crippen LogP contribution in [0.2, 0.25) is 0 Å². The van der Waals surface area contributed by atoms with Crippen LogP contribution in [0.5, 0.6) is 0 Å². The standard InChI is InChI=1S/C88H73BN2/c1-86(2,3)66-47-63-41-42-64-48-67(87(4,5)6)53-74-73(50-65(49-66)81(63)82(64)74)62-43-45-75-78(52-62)91(85-71(59-33-21-13-22-34-59)39-26-40-72(85)60-35-23-14-24-36-60)80-55-68(88(7,8)9)54-79-83(80)89(75)76-51-61(56-27-15-10-16-28-56)44-46-77(76)90(79)84-69(57-29-17-11-18-30-57)37-25-38-70(84)58-31-19-12-20-32-58/h10-55H,1-9H3. The predicted octanol–water partition coefficient (Wildman–Crippen LogP) is 22.6. The van der Waals surface area contributed by atoms with E-state index in [0.29, 0.717) is 0 Å². The first-order valence-electron chi connectivity index (χ1n) is 32.4. The summed E-state index contributed by atoms with van der Waals surface area (Å²) in [5, 5.41) is 7.82. The summed E-state index contributed by atoms with van der Waals surface area (Å²) in [7, 11) is 0. The first kappa shape index (κ1) is 56.1. The van der Waals surface area contributed by atoms with Gasteiger partial charge in [-0.05, 0) is 163 Å². The molecule has 438 valence electrons. The number of hydrogen-bond donors (Lipinski definition) is 0. The zero-order chi connectivity index (χ0) is 62.1. The number of para-hydroxylation sites is 2. The highest BCUT2D eigenvalue weighted by Gasteiger charge is 2.46. The van der Waals surface area contributed by atoms with E-state index in [1.54, 1.807) is 0 Å². The van der Waals surface area contributed by atoms with Gasteiger partial charge in [-0.3, -0.25) is 0 Å². The summed E-state index contributed by atoms with van der Waals surface area (Å²) in [4.78, 5) is 5.39. The van der Waals surface area contributed by atoms with Gasteiger partial charge in [-0.25, -0.2) is 0 Å². The minimum absolute atomic E-state index is 0.0456. The maximum atomic E-state index is 2.72. The number of nitrogens with zero attached hydrogens (tertiary/aromatic N) is 2. The van der Waals surface area contributed by atoms with Gasteiger partial charge in [-0.15, -0.1) is 0 Å². The van der Waals surface area contributed by atoms with E-state index in [1.807, 2.05) is 0 Å². The molecular weight excluding hydrogens is 1100 g/mol. The van der Waals surface area contributed by atoms with Gasteiger partial charge in [0.05, 0.1) is 11.4 Å². The van der Waals surface area contributed by atoms with Gasteiger partial charge in [0.15, 0.2) is 0 Å². The molecule has 2 aliphatic rings. The van der Waals surface area contributed by atoms with E-state index in [0.717, 1.165) is 22.5 Å². The van der Waals surface area contributed by atoms with E-state index < -0.39 is 0 Å². The van der Waals surface area contributed by atoms with E-state index in [1.165, 1.54) is 144 Å². The van der Waals surface area contributed by atoms with Gasteiger partial charge in [-0.1, -0.05) is 305 Å². The molecule has 2 nitrogen and oxygen atoms in total. The quantitative estimate of drug-likeness (QED) is 0.111. The molecular formula is C88H73BN2. The molecule has 0 atom stereocenters. The molecule has 0 unspecified atom stereocenters. The molecule has 0 amide bonds. The lowest BCUT2D eigenvalue weighted by Crippen LogP contribution is -2.61. The van der Waals surface area contributed by atoms with Crippen LogP contribution >= 0.6 is 0 Å². The molecule has 16 rings (SSSR count). The molecule has 0 radical (unpaired) electrons. The average Bonchev–Trinajstić information content (AvgIpc) is 0.700. The predicted molar refractivity (Wildman–Crippen MR) is 393 cm³/mol. The summed E-state index contributed by atoms with van der Waals surface area (Å²) < 4.78 is 0. The van der Waals surface area contributed by atoms with Gasteiger partial charge in [0, 0.05) is 45.0 Å². The van der Waals surface area contributed by atoms with Crippen molar-refractivity contribution < 1.29 is 0 Å². The molecule has 0 saturated carbocycles. The fourth-order valence-electron chi connectivity index (χ4n) is 14.9. The first-order valence-corrected chi connectivity index (χ1v) is 32.4. The van der Waals surface area contributed by atoms with Gasteiger partial charge >= 0.3 is 0 Å². The first-order chi connectivity index (χ1) is 44.0. The summed E-state index contributed by atoms with van der Waals surface area (Å²) in [5.41, 5.74) is 28.5. The van der Waals surface area contributed by atoms with E-state index in [4.69, 9.17) is 0 Å². The third-order valence-corrected chi connectivity index (χ3v) is 19.6. The third kappa shape index (κ3) is 9.39. The highest BCUT2D eigenvalue weighted by atomic mass is 15.2. The van der Waals surface area contributed by atoms with Crippen molar-refractivity contribution in [2.45, 2.75) is 78.6 Å². The normalized spacial score (nSPS) is 13.0. The Morgan fingerprint density at radius 1 is 0.253 bits per heavy atom. The highest BCUT2D eigenvalue weighted by Crippen LogP contribution is 2.55. The van der Waals surface area contributed by atoms with Gasteiger partial charge in [0.2, 0.25) is 0 Å². The molecule has 2 aliphatic heterocycles. The Hall–Kier alpha value is -10.2. The van der Waals surface area contributed by atoms with Crippen LogP contribution in [0.1, 0.15) is 79.0 Å². The lowest BCUT2D eigenvalue weighted by Gasteiger charge is -2.46. The minimum Gasteiger partial charge on any atom is -0.310 e. The number of fused-ring (bicyclic) bond motifs is 4. The van der Waals surface area contributed by atoms with E-state index in [2.05, 4.69) is 351 Å². The van der Waals surface area contributed by atoms with Crippen LogP contribution in [0.3, 0.4) is 0 Å². The van der Waals surface area contributed by atoms with Crippen molar-refractivity contribution in [2.75, 3.05) is 9.80 Å². The van der Waals surface area contributed by atoms with Crippen molar-refractivity contribution in [3.05, 3.63) is 296 Å². The Balaban J connectivity index is 1.08. The number of anilines is 6. The molecule has 0 N–H and O–H groups in total. The van der Waals surface area contributed by atoms with Crippen molar-refractivity contribution in [2.24, 2.45) is 0 Å². The Morgan fingerprint density at radius 2 is 0.659 bits per heavy atom. The topological polar surface area (TPSA) is 6.48 Å². The second-order valence-electron chi connectivity index (χ2n) is 28.5. The fourth-order valence-corrected chi connectivity index (χ4v) is 14.9. The van der Waals surface area contributed by atoms with Crippen LogP contribution < -0.4 is 26.2 Å². The molecule has 91 heavy (non-hydrogen) atoms. The molecule has 0 saturated heterocycles. The highest BCUT2D eigenvalue weighted by molar-refractivity contribution is 7.00. The van der Waals surface area contributed by atoms with Crippen molar-refractivity contribution in [3.63, 3.8) is 0 Å². The summed E-state index contributed by atoms with van der Waals surface area (Å²) in [6.45, 7) is 21.1. The van der Waals surface area contributed by atoms with E-state index in [-0.39, 0.29) is 23.0 Å². The molecule has 0 aromatic heterocycles. The maximum Gasteiger partial charge on any atom is 0.252 e. The lowest BCUT2D eigenvalue weighted by molar-refractivity contribution is 0.590. The zero-order valence-corrected chi connectivity index (χ0v) is 53.5. The second kappa shape index (κ2) is 21.2. The monoisotopic (exact) mass is 1170 g/mol. The number of benzene rings is 14. The number of hydrogen-bond acceptors (Lipinski definition) is 2. The average molecular weight is 1170 g/mol. The van der Waals surface area contributed by atoms with Crippen LogP contribution in [-0.4, -0.2) is 6.71 Å². The molecule has 0 spiro atoms. The zero-order valence-electron chi connectivity index (χ0n) is 53.5.